The van der Waals surface area contributed by atoms with Crippen molar-refractivity contribution in [3.05, 3.63) is 80.5 Å². The van der Waals surface area contributed by atoms with Crippen molar-refractivity contribution in [2.45, 2.75) is 41.5 Å². The fourth-order valence-corrected chi connectivity index (χ4v) is 4.22. The summed E-state index contributed by atoms with van der Waals surface area (Å²) in [6, 6.07) is 13.4. The Labute approximate surface area is 187 Å². The van der Waals surface area contributed by atoms with Crippen molar-refractivity contribution in [2.24, 2.45) is 21.1 Å². The molecule has 0 N–H and O–H groups in total. The molecule has 0 saturated carbocycles. The van der Waals surface area contributed by atoms with Crippen molar-refractivity contribution in [1.82, 2.24) is 0 Å². The molecule has 0 radical (unpaired) electrons. The van der Waals surface area contributed by atoms with Crippen LogP contribution in [-0.2, 0) is 4.79 Å². The molecule has 0 atom stereocenters. The first-order valence-electron chi connectivity index (χ1n) is 9.92. The fourth-order valence-electron chi connectivity index (χ4n) is 3.17. The molecule has 0 spiro atoms. The van der Waals surface area contributed by atoms with E-state index in [2.05, 4.69) is 51.8 Å². The van der Waals surface area contributed by atoms with Crippen LogP contribution in [0.5, 0.6) is 0 Å². The Kier molecular flexibility index (Phi) is 6.30. The summed E-state index contributed by atoms with van der Waals surface area (Å²) < 4.78 is 0.685. The van der Waals surface area contributed by atoms with E-state index in [1.165, 1.54) is 11.3 Å². The van der Waals surface area contributed by atoms with Gasteiger partial charge in [-0.15, -0.1) is 16.5 Å². The summed E-state index contributed by atoms with van der Waals surface area (Å²) in [5, 5.41) is 9.06. The molecule has 0 fully saturated rings. The van der Waals surface area contributed by atoms with E-state index in [1.807, 2.05) is 54.6 Å². The summed E-state index contributed by atoms with van der Waals surface area (Å²) in [5.74, 6) is 0.0994. The lowest BCUT2D eigenvalue weighted by molar-refractivity contribution is -0.114. The number of Topliss-reactive ketones (excluding diaryl/α,β-unsaturated/α-hetero) is 1. The van der Waals surface area contributed by atoms with Crippen LogP contribution >= 0.6 is 22.9 Å². The summed E-state index contributed by atoms with van der Waals surface area (Å²) in [7, 11) is 0. The summed E-state index contributed by atoms with van der Waals surface area (Å²) in [5.41, 5.74) is 3.34. The van der Waals surface area contributed by atoms with Crippen LogP contribution in [0.4, 0.5) is 5.69 Å². The van der Waals surface area contributed by atoms with Gasteiger partial charge in [0.2, 0.25) is 0 Å². The van der Waals surface area contributed by atoms with Gasteiger partial charge in [0.25, 0.3) is 0 Å². The van der Waals surface area contributed by atoms with Gasteiger partial charge < -0.3 is 0 Å². The van der Waals surface area contributed by atoms with Crippen molar-refractivity contribution < 1.29 is 4.79 Å². The molecular formula is C25H27ClN2OS. The number of ketones is 1. The van der Waals surface area contributed by atoms with E-state index in [9.17, 15) is 4.79 Å². The number of carbonyl (C=O) groups is 1. The third kappa shape index (κ3) is 5.05. The van der Waals surface area contributed by atoms with Gasteiger partial charge in [-0.1, -0.05) is 71.3 Å². The van der Waals surface area contributed by atoms with E-state index >= 15 is 0 Å². The Morgan fingerprint density at radius 1 is 0.867 bits per heavy atom. The number of hydrogen-bond acceptors (Lipinski definition) is 4. The lowest BCUT2D eigenvalue weighted by Crippen LogP contribution is -2.28. The molecule has 0 saturated heterocycles. The van der Waals surface area contributed by atoms with Gasteiger partial charge in [-0.2, -0.15) is 5.11 Å². The lowest BCUT2D eigenvalue weighted by atomic mass is 9.71. The second kappa shape index (κ2) is 8.44. The number of carbonyl (C=O) groups excluding carboxylic acids is 1. The minimum Gasteiger partial charge on any atom is -0.289 e. The zero-order chi connectivity index (χ0) is 22.1. The number of thiophene rings is 1. The lowest BCUT2D eigenvalue weighted by Gasteiger charge is -2.31. The van der Waals surface area contributed by atoms with E-state index in [0.29, 0.717) is 10.0 Å². The smallest absolute Gasteiger partial charge is 0.186 e. The van der Waals surface area contributed by atoms with Gasteiger partial charge in [0.1, 0.15) is 5.70 Å². The summed E-state index contributed by atoms with van der Waals surface area (Å²) >= 11 is 7.68. The van der Waals surface area contributed by atoms with Crippen molar-refractivity contribution in [1.29, 1.82) is 0 Å². The minimum atomic E-state index is -0.290. The second-order valence-corrected chi connectivity index (χ2v) is 11.1. The first-order valence-corrected chi connectivity index (χ1v) is 11.1. The highest BCUT2D eigenvalue weighted by atomic mass is 35.5. The van der Waals surface area contributed by atoms with Crippen LogP contribution in [0.1, 0.15) is 46.4 Å². The van der Waals surface area contributed by atoms with E-state index in [1.54, 1.807) is 0 Å². The van der Waals surface area contributed by atoms with E-state index < -0.39 is 0 Å². The van der Waals surface area contributed by atoms with Crippen molar-refractivity contribution >= 4 is 40.1 Å². The second-order valence-electron chi connectivity index (χ2n) is 9.39. The predicted molar refractivity (Wildman–Crippen MR) is 127 cm³/mol. The molecule has 5 heteroatoms. The molecule has 156 valence electrons. The van der Waals surface area contributed by atoms with Crippen LogP contribution in [0, 0.1) is 10.8 Å². The molecule has 3 nitrogen and oxygen atoms in total. The number of nitrogens with zero attached hydrogens (tertiary/aromatic N) is 2. The molecule has 3 rings (SSSR count). The number of benzene rings is 1. The largest absolute Gasteiger partial charge is 0.289 e. The maximum atomic E-state index is 13.3. The third-order valence-electron chi connectivity index (χ3n) is 4.81. The van der Waals surface area contributed by atoms with Crippen LogP contribution in [0.25, 0.3) is 5.70 Å². The first kappa shape index (κ1) is 22.4. The number of rotatable bonds is 3. The third-order valence-corrected chi connectivity index (χ3v) is 6.04. The maximum absolute atomic E-state index is 13.3. The van der Waals surface area contributed by atoms with Gasteiger partial charge in [-0.25, -0.2) is 0 Å². The zero-order valence-corrected chi connectivity index (χ0v) is 19.9. The summed E-state index contributed by atoms with van der Waals surface area (Å²) in [4.78, 5) is 14.2. The standard InChI is InChI=1S/C25H27ClN2OS/c1-24(2,3)18-14-16(15-19(23(18)29)25(4,5)6)22(20-12-13-21(26)30-20)28-27-17-10-8-7-9-11-17/h7-15H,1-6H3. The van der Waals surface area contributed by atoms with Gasteiger partial charge >= 0.3 is 0 Å². The van der Waals surface area contributed by atoms with Gasteiger partial charge in [0, 0.05) is 16.7 Å². The highest BCUT2D eigenvalue weighted by molar-refractivity contribution is 7.17. The van der Waals surface area contributed by atoms with Crippen LogP contribution < -0.4 is 0 Å². The average molecular weight is 439 g/mol. The SMILES string of the molecule is CC(C)(C)C1=CC(=C(N=Nc2ccccc2)c2ccc(Cl)s2)C=C(C(C)(C)C)C1=O. The van der Waals surface area contributed by atoms with E-state index in [4.69, 9.17) is 11.6 Å². The van der Waals surface area contributed by atoms with Crippen molar-refractivity contribution in [2.75, 3.05) is 0 Å². The Balaban J connectivity index is 2.26. The van der Waals surface area contributed by atoms with Gasteiger partial charge in [0.15, 0.2) is 5.78 Å². The normalized spacial score (nSPS) is 15.4. The topological polar surface area (TPSA) is 41.8 Å². The average Bonchev–Trinajstić information content (AvgIpc) is 3.08. The predicted octanol–water partition coefficient (Wildman–Crippen LogP) is 8.42. The van der Waals surface area contributed by atoms with Crippen molar-refractivity contribution in [3.63, 3.8) is 0 Å². The molecule has 30 heavy (non-hydrogen) atoms. The monoisotopic (exact) mass is 438 g/mol. The summed E-state index contributed by atoms with van der Waals surface area (Å²) in [6.45, 7) is 12.4. The Morgan fingerprint density at radius 3 is 1.90 bits per heavy atom. The number of halogens is 1. The zero-order valence-electron chi connectivity index (χ0n) is 18.3. The molecule has 1 aliphatic carbocycles. The highest BCUT2D eigenvalue weighted by Gasteiger charge is 2.34. The Morgan fingerprint density at radius 2 is 1.43 bits per heavy atom. The van der Waals surface area contributed by atoms with Gasteiger partial charge in [-0.05, 0) is 47.2 Å². The van der Waals surface area contributed by atoms with Crippen LogP contribution in [0.2, 0.25) is 4.34 Å². The van der Waals surface area contributed by atoms with Crippen LogP contribution in [0.15, 0.2) is 81.6 Å². The number of hydrogen-bond donors (Lipinski definition) is 0. The molecule has 1 aromatic heterocycles. The quantitative estimate of drug-likeness (QED) is 0.443. The molecule has 2 aromatic rings. The van der Waals surface area contributed by atoms with Crippen LogP contribution in [0.3, 0.4) is 0 Å². The molecule has 0 unspecified atom stereocenters. The molecular weight excluding hydrogens is 412 g/mol. The Bertz CT molecular complexity index is 1040. The molecule has 1 heterocycles. The molecule has 1 aromatic carbocycles. The van der Waals surface area contributed by atoms with Crippen LogP contribution in [-0.4, -0.2) is 5.78 Å². The molecule has 0 amide bonds. The first-order chi connectivity index (χ1) is 14.0. The Hall–Kier alpha value is -2.30. The molecule has 1 aliphatic rings. The van der Waals surface area contributed by atoms with Gasteiger partial charge in [0.05, 0.1) is 14.9 Å². The van der Waals surface area contributed by atoms with E-state index in [0.717, 1.165) is 27.3 Å². The van der Waals surface area contributed by atoms with Crippen molar-refractivity contribution in [3.8, 4) is 0 Å². The summed E-state index contributed by atoms with van der Waals surface area (Å²) in [6.07, 6.45) is 3.93. The number of azo groups is 1. The van der Waals surface area contributed by atoms with Gasteiger partial charge in [-0.3, -0.25) is 4.79 Å². The molecule has 0 bridgehead atoms. The highest BCUT2D eigenvalue weighted by Crippen LogP contribution is 2.42. The fraction of sp³-hybridized carbons (Fsp3) is 0.320. The molecule has 0 aliphatic heterocycles. The number of allylic oxidation sites excluding steroid dienone is 5. The maximum Gasteiger partial charge on any atom is 0.186 e. The minimum absolute atomic E-state index is 0.0994. The van der Waals surface area contributed by atoms with E-state index in [-0.39, 0.29) is 16.6 Å².